The number of carbonyl (C=O) groups is 3. The van der Waals surface area contributed by atoms with E-state index in [9.17, 15) is 23.2 Å². The minimum atomic E-state index is -3.01. The lowest BCUT2D eigenvalue weighted by molar-refractivity contribution is -0.143. The quantitative estimate of drug-likeness (QED) is 0.520. The molecular formula is C19H17F2NO6. The van der Waals surface area contributed by atoms with E-state index in [1.54, 1.807) is 30.3 Å². The van der Waals surface area contributed by atoms with Crippen molar-refractivity contribution in [3.63, 3.8) is 0 Å². The lowest BCUT2D eigenvalue weighted by atomic mass is 10.2. The first-order chi connectivity index (χ1) is 13.5. The third-order valence-corrected chi connectivity index (χ3v) is 3.30. The van der Waals surface area contributed by atoms with Gasteiger partial charge >= 0.3 is 18.6 Å². The first kappa shape index (κ1) is 20.8. The van der Waals surface area contributed by atoms with Gasteiger partial charge in [0, 0.05) is 5.56 Å². The van der Waals surface area contributed by atoms with E-state index in [0.717, 1.165) is 6.07 Å². The van der Waals surface area contributed by atoms with Crippen molar-refractivity contribution in [2.75, 3.05) is 19.8 Å². The summed E-state index contributed by atoms with van der Waals surface area (Å²) in [5.41, 5.74) is 0.418. The van der Waals surface area contributed by atoms with Crippen LogP contribution in [0.5, 0.6) is 5.75 Å². The molecule has 7 nitrogen and oxygen atoms in total. The highest BCUT2D eigenvalue weighted by molar-refractivity contribution is 5.96. The SMILES string of the molecule is O=C(CNC(=O)c1cccc(OC(F)F)c1)OCCOC(=O)c1ccccc1. The molecule has 0 saturated carbocycles. The fraction of sp³-hybridized carbons (Fsp3) is 0.211. The Balaban J connectivity index is 1.68. The van der Waals surface area contributed by atoms with E-state index >= 15 is 0 Å². The van der Waals surface area contributed by atoms with Gasteiger partial charge in [-0.05, 0) is 30.3 Å². The van der Waals surface area contributed by atoms with Crippen LogP contribution in [0.4, 0.5) is 8.78 Å². The number of alkyl halides is 2. The maximum atomic E-state index is 12.2. The first-order valence-corrected chi connectivity index (χ1v) is 8.16. The molecule has 0 saturated heterocycles. The van der Waals surface area contributed by atoms with Gasteiger partial charge in [0.1, 0.15) is 25.5 Å². The topological polar surface area (TPSA) is 90.9 Å². The summed E-state index contributed by atoms with van der Waals surface area (Å²) in [5, 5.41) is 2.29. The molecule has 0 fully saturated rings. The van der Waals surface area contributed by atoms with Gasteiger partial charge in [-0.3, -0.25) is 9.59 Å². The number of nitrogens with one attached hydrogen (secondary N) is 1. The normalized spacial score (nSPS) is 10.2. The van der Waals surface area contributed by atoms with Crippen LogP contribution in [0.2, 0.25) is 0 Å². The van der Waals surface area contributed by atoms with Crippen molar-refractivity contribution < 1.29 is 37.4 Å². The van der Waals surface area contributed by atoms with Gasteiger partial charge in [0.15, 0.2) is 0 Å². The van der Waals surface area contributed by atoms with Gasteiger partial charge in [-0.15, -0.1) is 0 Å². The van der Waals surface area contributed by atoms with E-state index in [0.29, 0.717) is 5.56 Å². The largest absolute Gasteiger partial charge is 0.461 e. The molecule has 0 aliphatic heterocycles. The van der Waals surface area contributed by atoms with Crippen LogP contribution in [0.25, 0.3) is 0 Å². The molecule has 148 valence electrons. The van der Waals surface area contributed by atoms with Gasteiger partial charge in [-0.25, -0.2) is 4.79 Å². The van der Waals surface area contributed by atoms with Crippen LogP contribution in [0.15, 0.2) is 54.6 Å². The molecule has 2 aromatic carbocycles. The van der Waals surface area contributed by atoms with Gasteiger partial charge in [-0.2, -0.15) is 8.78 Å². The number of hydrogen-bond acceptors (Lipinski definition) is 6. The average Bonchev–Trinajstić information content (AvgIpc) is 2.69. The van der Waals surface area contributed by atoms with Crippen molar-refractivity contribution >= 4 is 17.8 Å². The highest BCUT2D eigenvalue weighted by Gasteiger charge is 2.12. The Morgan fingerprint density at radius 2 is 1.57 bits per heavy atom. The minimum absolute atomic E-state index is 0.0442. The maximum absolute atomic E-state index is 12.2. The minimum Gasteiger partial charge on any atom is -0.461 e. The summed E-state index contributed by atoms with van der Waals surface area (Å²) < 4.78 is 38.3. The van der Waals surface area contributed by atoms with E-state index < -0.39 is 31.0 Å². The predicted molar refractivity (Wildman–Crippen MR) is 93.1 cm³/mol. The second kappa shape index (κ2) is 10.6. The van der Waals surface area contributed by atoms with Crippen LogP contribution in [-0.2, 0) is 14.3 Å². The predicted octanol–water partition coefficient (Wildman–Crippen LogP) is 2.42. The van der Waals surface area contributed by atoms with E-state index in [1.807, 2.05) is 0 Å². The van der Waals surface area contributed by atoms with Crippen LogP contribution < -0.4 is 10.1 Å². The molecule has 0 aromatic heterocycles. The van der Waals surface area contributed by atoms with E-state index in [4.69, 9.17) is 9.47 Å². The Hall–Kier alpha value is -3.49. The van der Waals surface area contributed by atoms with Gasteiger partial charge in [0.2, 0.25) is 0 Å². The fourth-order valence-corrected chi connectivity index (χ4v) is 2.07. The highest BCUT2D eigenvalue weighted by atomic mass is 19.3. The van der Waals surface area contributed by atoms with Crippen molar-refractivity contribution in [2.45, 2.75) is 6.61 Å². The number of amides is 1. The number of carbonyl (C=O) groups excluding carboxylic acids is 3. The number of rotatable bonds is 9. The molecule has 1 N–H and O–H groups in total. The molecule has 0 bridgehead atoms. The summed E-state index contributed by atoms with van der Waals surface area (Å²) in [6, 6.07) is 13.5. The summed E-state index contributed by atoms with van der Waals surface area (Å²) in [7, 11) is 0. The first-order valence-electron chi connectivity index (χ1n) is 8.16. The summed E-state index contributed by atoms with van der Waals surface area (Å²) in [5.74, 6) is -2.13. The van der Waals surface area contributed by atoms with Crippen LogP contribution in [0.3, 0.4) is 0 Å². The third kappa shape index (κ3) is 7.02. The molecule has 0 aliphatic rings. The molecule has 0 radical (unpaired) electrons. The van der Waals surface area contributed by atoms with Crippen molar-refractivity contribution in [3.8, 4) is 5.75 Å². The van der Waals surface area contributed by atoms with Crippen molar-refractivity contribution in [2.24, 2.45) is 0 Å². The van der Waals surface area contributed by atoms with Crippen molar-refractivity contribution in [3.05, 3.63) is 65.7 Å². The second-order valence-electron chi connectivity index (χ2n) is 5.31. The lowest BCUT2D eigenvalue weighted by Crippen LogP contribution is -2.31. The summed E-state index contributed by atoms with van der Waals surface area (Å²) in [6.45, 7) is -3.76. The molecule has 0 spiro atoms. The highest BCUT2D eigenvalue weighted by Crippen LogP contribution is 2.15. The number of hydrogen-bond donors (Lipinski definition) is 1. The Morgan fingerprint density at radius 3 is 2.29 bits per heavy atom. The zero-order valence-electron chi connectivity index (χ0n) is 14.6. The summed E-state index contributed by atoms with van der Waals surface area (Å²) in [4.78, 5) is 35.2. The number of esters is 2. The van der Waals surface area contributed by atoms with Crippen LogP contribution in [-0.4, -0.2) is 44.2 Å². The van der Waals surface area contributed by atoms with Gasteiger partial charge < -0.3 is 19.5 Å². The van der Waals surface area contributed by atoms with E-state index in [2.05, 4.69) is 10.1 Å². The molecule has 0 atom stereocenters. The lowest BCUT2D eigenvalue weighted by Gasteiger charge is -2.09. The second-order valence-corrected chi connectivity index (χ2v) is 5.31. The zero-order valence-corrected chi connectivity index (χ0v) is 14.6. The van der Waals surface area contributed by atoms with E-state index in [-0.39, 0.29) is 24.5 Å². The monoisotopic (exact) mass is 393 g/mol. The molecule has 9 heteroatoms. The molecule has 0 heterocycles. The fourth-order valence-electron chi connectivity index (χ4n) is 2.07. The molecule has 2 rings (SSSR count). The smallest absolute Gasteiger partial charge is 0.387 e. The number of ether oxygens (including phenoxy) is 3. The standard InChI is InChI=1S/C19H17F2NO6/c20-19(21)28-15-8-4-7-14(11-15)17(24)22-12-16(23)26-9-10-27-18(25)13-5-2-1-3-6-13/h1-8,11,19H,9-10,12H2,(H,22,24). The Labute approximate surface area is 159 Å². The Morgan fingerprint density at radius 1 is 0.893 bits per heavy atom. The van der Waals surface area contributed by atoms with Crippen LogP contribution >= 0.6 is 0 Å². The molecule has 2 aromatic rings. The average molecular weight is 393 g/mol. The molecular weight excluding hydrogens is 376 g/mol. The zero-order chi connectivity index (χ0) is 20.4. The third-order valence-electron chi connectivity index (χ3n) is 3.30. The van der Waals surface area contributed by atoms with E-state index in [1.165, 1.54) is 18.2 Å². The Kier molecular flexibility index (Phi) is 7.89. The van der Waals surface area contributed by atoms with Crippen LogP contribution in [0.1, 0.15) is 20.7 Å². The molecule has 0 unspecified atom stereocenters. The van der Waals surface area contributed by atoms with Crippen molar-refractivity contribution in [1.82, 2.24) is 5.32 Å². The molecule has 28 heavy (non-hydrogen) atoms. The maximum Gasteiger partial charge on any atom is 0.387 e. The van der Waals surface area contributed by atoms with Gasteiger partial charge in [0.25, 0.3) is 5.91 Å². The number of benzene rings is 2. The van der Waals surface area contributed by atoms with Gasteiger partial charge in [0.05, 0.1) is 5.56 Å². The summed E-state index contributed by atoms with van der Waals surface area (Å²) in [6.07, 6.45) is 0. The Bertz CT molecular complexity index is 813. The molecule has 1 amide bonds. The number of halogens is 2. The van der Waals surface area contributed by atoms with Crippen molar-refractivity contribution in [1.29, 1.82) is 0 Å². The van der Waals surface area contributed by atoms with Gasteiger partial charge in [-0.1, -0.05) is 24.3 Å². The summed E-state index contributed by atoms with van der Waals surface area (Å²) >= 11 is 0. The molecule has 0 aliphatic carbocycles. The van der Waals surface area contributed by atoms with Crippen LogP contribution in [0, 0.1) is 0 Å².